The van der Waals surface area contributed by atoms with Crippen LogP contribution < -0.4 is 11.3 Å². The van der Waals surface area contributed by atoms with Crippen LogP contribution in [0.15, 0.2) is 12.1 Å². The van der Waals surface area contributed by atoms with Gasteiger partial charge in [-0.2, -0.15) is 0 Å². The van der Waals surface area contributed by atoms with Crippen molar-refractivity contribution in [2.24, 2.45) is 5.84 Å². The molecule has 0 saturated carbocycles. The molecule has 1 aliphatic heterocycles. The van der Waals surface area contributed by atoms with Gasteiger partial charge in [0.05, 0.1) is 0 Å². The number of pyridine rings is 1. The number of carbonyl (C=O) groups excluding carboxylic acids is 1. The molecule has 1 aromatic heterocycles. The Morgan fingerprint density at radius 1 is 1.37 bits per heavy atom. The lowest BCUT2D eigenvalue weighted by Crippen LogP contribution is -2.35. The van der Waals surface area contributed by atoms with Crippen LogP contribution in [0.3, 0.4) is 0 Å². The smallest absolute Gasteiger partial charge is 0.254 e. The Balaban J connectivity index is 2.21. The topological polar surface area (TPSA) is 71.2 Å². The van der Waals surface area contributed by atoms with Crippen LogP contribution in [-0.4, -0.2) is 28.9 Å². The van der Waals surface area contributed by atoms with Crippen LogP contribution >= 0.6 is 0 Å². The summed E-state index contributed by atoms with van der Waals surface area (Å²) < 4.78 is 0. The van der Waals surface area contributed by atoms with E-state index in [0.29, 0.717) is 11.4 Å². The van der Waals surface area contributed by atoms with Crippen molar-refractivity contribution in [3.05, 3.63) is 23.4 Å². The van der Waals surface area contributed by atoms with Gasteiger partial charge in [-0.15, -0.1) is 0 Å². The van der Waals surface area contributed by atoms with E-state index in [1.54, 1.807) is 6.07 Å². The fraction of sp³-hybridized carbons (Fsp3) is 0.571. The summed E-state index contributed by atoms with van der Waals surface area (Å²) in [4.78, 5) is 18.7. The van der Waals surface area contributed by atoms with E-state index >= 15 is 0 Å². The van der Waals surface area contributed by atoms with E-state index in [2.05, 4.69) is 17.3 Å². The average Bonchev–Trinajstić information content (AvgIpc) is 2.47. The summed E-state index contributed by atoms with van der Waals surface area (Å²) >= 11 is 0. The summed E-state index contributed by atoms with van der Waals surface area (Å²) in [5.74, 6) is 6.08. The standard InChI is InChI=1S/C14H22N4O/c1-2-6-12-9-11(10-13(16-12)17-15)14(19)18-7-4-3-5-8-18/h9-10H,2-8,15H2,1H3,(H,16,17). The second kappa shape index (κ2) is 6.52. The van der Waals surface area contributed by atoms with Gasteiger partial charge < -0.3 is 10.3 Å². The summed E-state index contributed by atoms with van der Waals surface area (Å²) in [6.45, 7) is 3.81. The molecule has 0 unspecified atom stereocenters. The molecule has 0 bridgehead atoms. The molecule has 104 valence electrons. The van der Waals surface area contributed by atoms with Crippen LogP contribution in [0.4, 0.5) is 5.82 Å². The van der Waals surface area contributed by atoms with Crippen molar-refractivity contribution in [1.82, 2.24) is 9.88 Å². The number of hydrogen-bond acceptors (Lipinski definition) is 4. The average molecular weight is 262 g/mol. The van der Waals surface area contributed by atoms with Crippen molar-refractivity contribution >= 4 is 11.7 Å². The predicted molar refractivity (Wildman–Crippen MR) is 75.8 cm³/mol. The van der Waals surface area contributed by atoms with Crippen LogP contribution in [0.5, 0.6) is 0 Å². The summed E-state index contributed by atoms with van der Waals surface area (Å²) in [6, 6.07) is 3.62. The Labute approximate surface area is 114 Å². The first-order valence-corrected chi connectivity index (χ1v) is 7.01. The van der Waals surface area contributed by atoms with Gasteiger partial charge in [0.25, 0.3) is 5.91 Å². The number of rotatable bonds is 4. The Hall–Kier alpha value is -1.62. The molecule has 5 nitrogen and oxygen atoms in total. The number of nitrogens with zero attached hydrogens (tertiary/aromatic N) is 2. The molecule has 1 amide bonds. The summed E-state index contributed by atoms with van der Waals surface area (Å²) in [5, 5.41) is 0. The van der Waals surface area contributed by atoms with E-state index in [-0.39, 0.29) is 5.91 Å². The number of piperidine rings is 1. The fourth-order valence-corrected chi connectivity index (χ4v) is 2.45. The van der Waals surface area contributed by atoms with Crippen LogP contribution in [0, 0.1) is 0 Å². The first-order valence-electron chi connectivity index (χ1n) is 7.01. The van der Waals surface area contributed by atoms with Crippen molar-refractivity contribution in [1.29, 1.82) is 0 Å². The molecular formula is C14H22N4O. The molecule has 0 radical (unpaired) electrons. The van der Waals surface area contributed by atoms with E-state index in [1.807, 2.05) is 11.0 Å². The molecule has 1 aliphatic rings. The van der Waals surface area contributed by atoms with Crippen molar-refractivity contribution in [2.45, 2.75) is 39.0 Å². The Morgan fingerprint density at radius 2 is 2.11 bits per heavy atom. The Kier molecular flexibility index (Phi) is 4.74. The summed E-state index contributed by atoms with van der Waals surface area (Å²) in [6.07, 6.45) is 5.27. The number of carbonyl (C=O) groups is 1. The fourth-order valence-electron chi connectivity index (χ4n) is 2.45. The van der Waals surface area contributed by atoms with E-state index in [4.69, 9.17) is 5.84 Å². The van der Waals surface area contributed by atoms with Gasteiger partial charge in [0.2, 0.25) is 0 Å². The van der Waals surface area contributed by atoms with Crippen molar-refractivity contribution < 1.29 is 4.79 Å². The number of amides is 1. The molecule has 3 N–H and O–H groups in total. The molecule has 1 fully saturated rings. The molecule has 0 aromatic carbocycles. The highest BCUT2D eigenvalue weighted by Gasteiger charge is 2.19. The zero-order chi connectivity index (χ0) is 13.7. The third-order valence-corrected chi connectivity index (χ3v) is 3.42. The number of hydrogen-bond donors (Lipinski definition) is 2. The Morgan fingerprint density at radius 3 is 2.74 bits per heavy atom. The molecular weight excluding hydrogens is 240 g/mol. The van der Waals surface area contributed by atoms with Gasteiger partial charge in [0.1, 0.15) is 5.82 Å². The highest BCUT2D eigenvalue weighted by molar-refractivity contribution is 5.95. The molecule has 0 spiro atoms. The zero-order valence-corrected chi connectivity index (χ0v) is 11.5. The van der Waals surface area contributed by atoms with Gasteiger partial charge in [-0.25, -0.2) is 10.8 Å². The highest BCUT2D eigenvalue weighted by atomic mass is 16.2. The van der Waals surface area contributed by atoms with Crippen molar-refractivity contribution in [3.63, 3.8) is 0 Å². The number of nitrogen functional groups attached to an aromatic ring is 1. The summed E-state index contributed by atoms with van der Waals surface area (Å²) in [7, 11) is 0. The predicted octanol–water partition coefficient (Wildman–Crippen LogP) is 1.95. The normalized spacial score (nSPS) is 15.4. The van der Waals surface area contributed by atoms with Crippen LogP contribution in [0.25, 0.3) is 0 Å². The van der Waals surface area contributed by atoms with E-state index in [0.717, 1.165) is 44.5 Å². The minimum atomic E-state index is 0.0935. The maximum atomic E-state index is 12.5. The van der Waals surface area contributed by atoms with Crippen LogP contribution in [0.2, 0.25) is 0 Å². The van der Waals surface area contributed by atoms with Gasteiger partial charge in [0.15, 0.2) is 0 Å². The molecule has 0 aliphatic carbocycles. The van der Waals surface area contributed by atoms with Crippen LogP contribution in [-0.2, 0) is 6.42 Å². The van der Waals surface area contributed by atoms with Gasteiger partial charge in [-0.1, -0.05) is 13.3 Å². The van der Waals surface area contributed by atoms with Gasteiger partial charge in [-0.05, 0) is 37.8 Å². The number of anilines is 1. The number of aromatic nitrogens is 1. The lowest BCUT2D eigenvalue weighted by atomic mass is 10.1. The lowest BCUT2D eigenvalue weighted by molar-refractivity contribution is 0.0724. The third kappa shape index (κ3) is 3.44. The SMILES string of the molecule is CCCc1cc(C(=O)N2CCCCC2)cc(NN)n1. The maximum absolute atomic E-state index is 12.5. The number of aryl methyl sites for hydroxylation is 1. The van der Waals surface area contributed by atoms with E-state index in [1.165, 1.54) is 6.42 Å². The second-order valence-electron chi connectivity index (χ2n) is 4.98. The highest BCUT2D eigenvalue weighted by Crippen LogP contribution is 2.16. The first-order chi connectivity index (χ1) is 9.24. The second-order valence-corrected chi connectivity index (χ2v) is 4.98. The number of likely N-dealkylation sites (tertiary alicyclic amines) is 1. The van der Waals surface area contributed by atoms with Gasteiger partial charge in [-0.3, -0.25) is 4.79 Å². The molecule has 5 heteroatoms. The minimum Gasteiger partial charge on any atom is -0.339 e. The number of nitrogens with two attached hydrogens (primary N) is 1. The van der Waals surface area contributed by atoms with Gasteiger partial charge in [0, 0.05) is 24.3 Å². The molecule has 1 aromatic rings. The largest absolute Gasteiger partial charge is 0.339 e. The lowest BCUT2D eigenvalue weighted by Gasteiger charge is -2.27. The van der Waals surface area contributed by atoms with Crippen molar-refractivity contribution in [3.8, 4) is 0 Å². The number of hydrazine groups is 1. The third-order valence-electron chi connectivity index (χ3n) is 3.42. The molecule has 19 heavy (non-hydrogen) atoms. The molecule has 0 atom stereocenters. The zero-order valence-electron chi connectivity index (χ0n) is 11.5. The van der Waals surface area contributed by atoms with E-state index < -0.39 is 0 Å². The summed E-state index contributed by atoms with van der Waals surface area (Å²) in [5.41, 5.74) is 4.15. The molecule has 2 heterocycles. The maximum Gasteiger partial charge on any atom is 0.254 e. The Bertz CT molecular complexity index is 441. The van der Waals surface area contributed by atoms with Crippen LogP contribution in [0.1, 0.15) is 48.7 Å². The quantitative estimate of drug-likeness (QED) is 0.642. The first kappa shape index (κ1) is 13.8. The monoisotopic (exact) mass is 262 g/mol. The minimum absolute atomic E-state index is 0.0935. The van der Waals surface area contributed by atoms with E-state index in [9.17, 15) is 4.79 Å². The number of nitrogens with one attached hydrogen (secondary N) is 1. The molecule has 2 rings (SSSR count). The molecule has 1 saturated heterocycles. The van der Waals surface area contributed by atoms with Crippen molar-refractivity contribution in [2.75, 3.05) is 18.5 Å². The van der Waals surface area contributed by atoms with Gasteiger partial charge >= 0.3 is 0 Å².